The number of aryl methyl sites for hydroxylation is 1. The molecule has 1 N–H and O–H groups in total. The van der Waals surface area contributed by atoms with Crippen LogP contribution in [0.2, 0.25) is 0 Å². The summed E-state index contributed by atoms with van der Waals surface area (Å²) in [6, 6.07) is 2.84. The van der Waals surface area contributed by atoms with Gasteiger partial charge in [0.15, 0.2) is 0 Å². The lowest BCUT2D eigenvalue weighted by atomic mass is 9.94. The van der Waals surface area contributed by atoms with Crippen molar-refractivity contribution < 1.29 is 0 Å². The van der Waals surface area contributed by atoms with Crippen molar-refractivity contribution >= 4 is 5.69 Å². The van der Waals surface area contributed by atoms with Crippen LogP contribution in [0, 0.1) is 12.8 Å². The van der Waals surface area contributed by atoms with Crippen molar-refractivity contribution in [3.63, 3.8) is 0 Å². The van der Waals surface area contributed by atoms with Gasteiger partial charge in [-0.25, -0.2) is 0 Å². The standard InChI is InChI=1S/C13H19N3/c1-10-6-12(8-14-7-10)15-13-3-5-16-4-2-11(13)9-16/h6-8,11,13,15H,2-5,9H2,1H3. The summed E-state index contributed by atoms with van der Waals surface area (Å²) in [5.41, 5.74) is 2.42. The van der Waals surface area contributed by atoms with Crippen LogP contribution in [0.25, 0.3) is 0 Å². The van der Waals surface area contributed by atoms with Gasteiger partial charge in [0.1, 0.15) is 0 Å². The summed E-state index contributed by atoms with van der Waals surface area (Å²) in [6.45, 7) is 5.94. The van der Waals surface area contributed by atoms with Gasteiger partial charge in [-0.15, -0.1) is 0 Å². The van der Waals surface area contributed by atoms with Crippen LogP contribution in [0.4, 0.5) is 5.69 Å². The molecule has 3 rings (SSSR count). The van der Waals surface area contributed by atoms with E-state index in [2.05, 4.69) is 28.2 Å². The van der Waals surface area contributed by atoms with E-state index in [4.69, 9.17) is 0 Å². The summed E-state index contributed by atoms with van der Waals surface area (Å²) >= 11 is 0. The van der Waals surface area contributed by atoms with Gasteiger partial charge in [-0.05, 0) is 43.9 Å². The van der Waals surface area contributed by atoms with Crippen LogP contribution in [0.5, 0.6) is 0 Å². The number of hydrogen-bond donors (Lipinski definition) is 1. The van der Waals surface area contributed by atoms with E-state index in [-0.39, 0.29) is 0 Å². The van der Waals surface area contributed by atoms with E-state index in [1.165, 1.54) is 43.7 Å². The Labute approximate surface area is 96.9 Å². The number of piperidine rings is 1. The van der Waals surface area contributed by atoms with Gasteiger partial charge in [0.05, 0.1) is 5.69 Å². The van der Waals surface area contributed by atoms with Gasteiger partial charge >= 0.3 is 0 Å². The molecule has 3 heteroatoms. The Morgan fingerprint density at radius 3 is 3.06 bits per heavy atom. The number of hydrogen-bond acceptors (Lipinski definition) is 3. The third-order valence-corrected chi connectivity index (χ3v) is 3.86. The van der Waals surface area contributed by atoms with E-state index in [0.29, 0.717) is 6.04 Å². The molecular formula is C13H19N3. The van der Waals surface area contributed by atoms with Crippen LogP contribution in [-0.4, -0.2) is 35.6 Å². The highest BCUT2D eigenvalue weighted by atomic mass is 15.2. The fourth-order valence-electron chi connectivity index (χ4n) is 2.99. The van der Waals surface area contributed by atoms with Crippen LogP contribution >= 0.6 is 0 Å². The first-order valence-corrected chi connectivity index (χ1v) is 6.22. The Bertz CT molecular complexity index is 377. The van der Waals surface area contributed by atoms with E-state index in [1.807, 2.05) is 12.4 Å². The molecule has 2 fully saturated rings. The van der Waals surface area contributed by atoms with Crippen molar-refractivity contribution in [2.45, 2.75) is 25.8 Å². The molecule has 0 aromatic carbocycles. The van der Waals surface area contributed by atoms with E-state index in [0.717, 1.165) is 5.92 Å². The van der Waals surface area contributed by atoms with Gasteiger partial charge < -0.3 is 10.2 Å². The minimum absolute atomic E-state index is 0.655. The van der Waals surface area contributed by atoms with Crippen molar-refractivity contribution in [1.29, 1.82) is 0 Å². The SMILES string of the molecule is Cc1cncc(NC2CCN3CCC2C3)c1. The van der Waals surface area contributed by atoms with Gasteiger partial charge in [-0.3, -0.25) is 4.98 Å². The second kappa shape index (κ2) is 4.06. The van der Waals surface area contributed by atoms with E-state index in [9.17, 15) is 0 Å². The average molecular weight is 217 g/mol. The summed E-state index contributed by atoms with van der Waals surface area (Å²) in [5, 5.41) is 3.66. The molecule has 2 aliphatic heterocycles. The van der Waals surface area contributed by atoms with Gasteiger partial charge in [-0.2, -0.15) is 0 Å². The normalized spacial score (nSPS) is 32.7. The molecule has 1 aromatic rings. The molecule has 16 heavy (non-hydrogen) atoms. The zero-order valence-electron chi connectivity index (χ0n) is 9.82. The molecule has 0 aliphatic carbocycles. The number of nitrogens with zero attached hydrogens (tertiary/aromatic N) is 2. The second-order valence-electron chi connectivity index (χ2n) is 5.14. The average Bonchev–Trinajstić information content (AvgIpc) is 2.66. The summed E-state index contributed by atoms with van der Waals surface area (Å²) in [4.78, 5) is 6.82. The smallest absolute Gasteiger partial charge is 0.0531 e. The molecule has 1 aromatic heterocycles. The predicted octanol–water partition coefficient (Wildman–Crippen LogP) is 1.90. The van der Waals surface area contributed by atoms with Crippen LogP contribution in [0.15, 0.2) is 18.5 Å². The molecule has 3 nitrogen and oxygen atoms in total. The summed E-state index contributed by atoms with van der Waals surface area (Å²) in [5.74, 6) is 0.842. The molecule has 2 bridgehead atoms. The predicted molar refractivity (Wildman–Crippen MR) is 65.5 cm³/mol. The fourth-order valence-corrected chi connectivity index (χ4v) is 2.99. The second-order valence-corrected chi connectivity index (χ2v) is 5.14. The lowest BCUT2D eigenvalue weighted by Gasteiger charge is -2.31. The molecule has 3 heterocycles. The topological polar surface area (TPSA) is 28.2 Å². The van der Waals surface area contributed by atoms with Crippen LogP contribution in [0.3, 0.4) is 0 Å². The zero-order valence-corrected chi connectivity index (χ0v) is 9.82. The van der Waals surface area contributed by atoms with Gasteiger partial charge in [0.25, 0.3) is 0 Å². The van der Waals surface area contributed by atoms with Crippen molar-refractivity contribution in [2.24, 2.45) is 5.92 Å². The first-order chi connectivity index (χ1) is 7.81. The third kappa shape index (κ3) is 1.92. The molecular weight excluding hydrogens is 198 g/mol. The molecule has 0 amide bonds. The molecule has 0 spiro atoms. The molecule has 2 aliphatic rings. The van der Waals surface area contributed by atoms with Crippen LogP contribution in [-0.2, 0) is 0 Å². The third-order valence-electron chi connectivity index (χ3n) is 3.86. The van der Waals surface area contributed by atoms with E-state index < -0.39 is 0 Å². The highest BCUT2D eigenvalue weighted by molar-refractivity contribution is 5.43. The van der Waals surface area contributed by atoms with Crippen molar-refractivity contribution in [3.8, 4) is 0 Å². The highest BCUT2D eigenvalue weighted by Gasteiger charge is 2.33. The number of pyridine rings is 1. The van der Waals surface area contributed by atoms with Crippen LogP contribution < -0.4 is 5.32 Å². The van der Waals surface area contributed by atoms with E-state index in [1.54, 1.807) is 0 Å². The lowest BCUT2D eigenvalue weighted by Crippen LogP contribution is -2.39. The van der Waals surface area contributed by atoms with Crippen molar-refractivity contribution in [2.75, 3.05) is 25.0 Å². The summed E-state index contributed by atoms with van der Waals surface area (Å²) < 4.78 is 0. The minimum Gasteiger partial charge on any atom is -0.381 e. The van der Waals surface area contributed by atoms with Gasteiger partial charge in [0.2, 0.25) is 0 Å². The molecule has 3 atom stereocenters. The van der Waals surface area contributed by atoms with Gasteiger partial charge in [0, 0.05) is 31.5 Å². The molecule has 0 saturated carbocycles. The number of anilines is 1. The van der Waals surface area contributed by atoms with Crippen molar-refractivity contribution in [3.05, 3.63) is 24.0 Å². The maximum atomic E-state index is 4.24. The number of rotatable bonds is 2. The quantitative estimate of drug-likeness (QED) is 0.820. The van der Waals surface area contributed by atoms with Crippen LogP contribution in [0.1, 0.15) is 18.4 Å². The monoisotopic (exact) mass is 217 g/mol. The zero-order chi connectivity index (χ0) is 11.0. The van der Waals surface area contributed by atoms with E-state index >= 15 is 0 Å². The Morgan fingerprint density at radius 1 is 1.31 bits per heavy atom. The Kier molecular flexibility index (Phi) is 2.56. The summed E-state index contributed by atoms with van der Waals surface area (Å²) in [7, 11) is 0. The lowest BCUT2D eigenvalue weighted by molar-refractivity contribution is 0.255. The van der Waals surface area contributed by atoms with Gasteiger partial charge in [-0.1, -0.05) is 0 Å². The fraction of sp³-hybridized carbons (Fsp3) is 0.615. The molecule has 2 saturated heterocycles. The molecule has 0 radical (unpaired) electrons. The Morgan fingerprint density at radius 2 is 2.19 bits per heavy atom. The number of aromatic nitrogens is 1. The first-order valence-electron chi connectivity index (χ1n) is 6.22. The maximum Gasteiger partial charge on any atom is 0.0531 e. The molecule has 3 unspecified atom stereocenters. The number of nitrogens with one attached hydrogen (secondary N) is 1. The first kappa shape index (κ1) is 10.1. The minimum atomic E-state index is 0.655. The highest BCUT2D eigenvalue weighted by Crippen LogP contribution is 2.29. The molecule has 86 valence electrons. The summed E-state index contributed by atoms with van der Waals surface area (Å²) in [6.07, 6.45) is 6.48. The maximum absolute atomic E-state index is 4.24. The largest absolute Gasteiger partial charge is 0.381 e. The Balaban J connectivity index is 1.70. The Hall–Kier alpha value is -1.09. The van der Waals surface area contributed by atoms with Crippen molar-refractivity contribution in [1.82, 2.24) is 9.88 Å². The number of fused-ring (bicyclic) bond motifs is 2.